The van der Waals surface area contributed by atoms with Crippen molar-refractivity contribution in [1.82, 2.24) is 10.2 Å². The Morgan fingerprint density at radius 1 is 1.39 bits per heavy atom. The lowest BCUT2D eigenvalue weighted by molar-refractivity contribution is -0.130. The molecule has 0 bridgehead atoms. The lowest BCUT2D eigenvalue weighted by Gasteiger charge is -2.25. The second kappa shape index (κ2) is 8.36. The molecule has 2 rings (SSSR count). The summed E-state index contributed by atoms with van der Waals surface area (Å²) in [6, 6.07) is 8.10. The number of carbonyl (C=O) groups excluding carboxylic acids is 2. The number of ether oxygens (including phenoxy) is 1. The Bertz CT molecular complexity index is 565. The van der Waals surface area contributed by atoms with Gasteiger partial charge in [-0.2, -0.15) is 0 Å². The molecule has 2 atom stereocenters. The van der Waals surface area contributed by atoms with Crippen LogP contribution in [0.4, 0.5) is 0 Å². The molecule has 0 aromatic heterocycles. The maximum absolute atomic E-state index is 12.4. The molecule has 1 saturated heterocycles. The van der Waals surface area contributed by atoms with Crippen molar-refractivity contribution in [3.8, 4) is 0 Å². The molecule has 1 heterocycles. The van der Waals surface area contributed by atoms with Crippen molar-refractivity contribution in [1.29, 1.82) is 0 Å². The fourth-order valence-electron chi connectivity index (χ4n) is 2.61. The fourth-order valence-corrected chi connectivity index (χ4v) is 4.02. The summed E-state index contributed by atoms with van der Waals surface area (Å²) in [7, 11) is 1.60. The number of amides is 2. The molecule has 1 aromatic carbocycles. The molecule has 1 aliphatic rings. The molecule has 6 heteroatoms. The number of hydrogen-bond donors (Lipinski definition) is 1. The summed E-state index contributed by atoms with van der Waals surface area (Å²) < 4.78 is 4.91. The van der Waals surface area contributed by atoms with Gasteiger partial charge in [-0.1, -0.05) is 24.3 Å². The lowest BCUT2D eigenvalue weighted by Crippen LogP contribution is -2.35. The number of rotatable bonds is 7. The Hall–Kier alpha value is -1.53. The number of hydrogen-bond acceptors (Lipinski definition) is 4. The quantitative estimate of drug-likeness (QED) is 0.775. The van der Waals surface area contributed by atoms with E-state index in [4.69, 9.17) is 4.74 Å². The molecule has 0 unspecified atom stereocenters. The zero-order chi connectivity index (χ0) is 16.8. The summed E-state index contributed by atoms with van der Waals surface area (Å²) >= 11 is 1.65. The molecule has 5 nitrogen and oxygen atoms in total. The Kier molecular flexibility index (Phi) is 6.47. The van der Waals surface area contributed by atoms with E-state index in [1.165, 1.54) is 5.56 Å². The van der Waals surface area contributed by atoms with Crippen LogP contribution in [0.1, 0.15) is 29.8 Å². The van der Waals surface area contributed by atoms with Gasteiger partial charge in [-0.15, -0.1) is 11.8 Å². The van der Waals surface area contributed by atoms with Gasteiger partial charge in [-0.05, 0) is 25.0 Å². The van der Waals surface area contributed by atoms with Gasteiger partial charge in [-0.3, -0.25) is 9.59 Å². The van der Waals surface area contributed by atoms with Gasteiger partial charge in [0.1, 0.15) is 5.37 Å². The van der Waals surface area contributed by atoms with E-state index >= 15 is 0 Å². The standard InChI is InChI=1S/C17H24N2O3S/c1-12-6-4-5-7-14(12)17-19(16(21)13(2)23-17)10-8-15(20)18-9-11-22-3/h4-7,13,17H,8-11H2,1-3H3,(H,18,20)/t13-,17+/m0/s1. The smallest absolute Gasteiger partial charge is 0.236 e. The predicted molar refractivity (Wildman–Crippen MR) is 92.2 cm³/mol. The highest BCUT2D eigenvalue weighted by Crippen LogP contribution is 2.43. The number of methoxy groups -OCH3 is 1. The molecule has 1 N–H and O–H groups in total. The van der Waals surface area contributed by atoms with Gasteiger partial charge in [0.2, 0.25) is 11.8 Å². The number of benzene rings is 1. The number of thioether (sulfide) groups is 1. The third-order valence-corrected chi connectivity index (χ3v) is 5.29. The van der Waals surface area contributed by atoms with Crippen LogP contribution in [0, 0.1) is 6.92 Å². The minimum absolute atomic E-state index is 0.00882. The van der Waals surface area contributed by atoms with Crippen molar-refractivity contribution in [3.63, 3.8) is 0 Å². The van der Waals surface area contributed by atoms with Crippen molar-refractivity contribution in [2.45, 2.75) is 30.9 Å². The van der Waals surface area contributed by atoms with Gasteiger partial charge in [0.15, 0.2) is 0 Å². The second-order valence-electron chi connectivity index (χ2n) is 5.61. The van der Waals surface area contributed by atoms with Crippen LogP contribution in [0.2, 0.25) is 0 Å². The number of carbonyl (C=O) groups is 2. The van der Waals surface area contributed by atoms with E-state index in [9.17, 15) is 9.59 Å². The van der Waals surface area contributed by atoms with Crippen molar-refractivity contribution in [2.24, 2.45) is 0 Å². The molecule has 126 valence electrons. The zero-order valence-electron chi connectivity index (χ0n) is 13.9. The molecular formula is C17H24N2O3S. The van der Waals surface area contributed by atoms with Crippen LogP contribution < -0.4 is 5.32 Å². The Morgan fingerprint density at radius 2 is 2.13 bits per heavy atom. The fraction of sp³-hybridized carbons (Fsp3) is 0.529. The first-order valence-corrected chi connectivity index (χ1v) is 8.76. The van der Waals surface area contributed by atoms with Gasteiger partial charge in [-0.25, -0.2) is 0 Å². The van der Waals surface area contributed by atoms with E-state index in [1.807, 2.05) is 24.0 Å². The summed E-state index contributed by atoms with van der Waals surface area (Å²) in [6.07, 6.45) is 0.311. The number of nitrogens with one attached hydrogen (secondary N) is 1. The summed E-state index contributed by atoms with van der Waals surface area (Å²) in [5.41, 5.74) is 2.32. The van der Waals surface area contributed by atoms with Crippen LogP contribution in [0.3, 0.4) is 0 Å². The molecule has 1 aromatic rings. The van der Waals surface area contributed by atoms with Crippen molar-refractivity contribution in [2.75, 3.05) is 26.8 Å². The van der Waals surface area contributed by atoms with Gasteiger partial charge in [0, 0.05) is 26.6 Å². The Morgan fingerprint density at radius 3 is 2.83 bits per heavy atom. The third-order valence-electron chi connectivity index (χ3n) is 3.91. The van der Waals surface area contributed by atoms with Crippen LogP contribution in [0.25, 0.3) is 0 Å². The van der Waals surface area contributed by atoms with Gasteiger partial charge in [0.25, 0.3) is 0 Å². The molecule has 1 fully saturated rings. The Balaban J connectivity index is 2.01. The molecule has 23 heavy (non-hydrogen) atoms. The average Bonchev–Trinajstić information content (AvgIpc) is 2.81. The largest absolute Gasteiger partial charge is 0.383 e. The average molecular weight is 336 g/mol. The van der Waals surface area contributed by atoms with E-state index in [0.717, 1.165) is 5.56 Å². The van der Waals surface area contributed by atoms with Crippen LogP contribution >= 0.6 is 11.8 Å². The van der Waals surface area contributed by atoms with Crippen LogP contribution in [-0.4, -0.2) is 48.8 Å². The topological polar surface area (TPSA) is 58.6 Å². The van der Waals surface area contributed by atoms with E-state index in [-0.39, 0.29) is 22.4 Å². The zero-order valence-corrected chi connectivity index (χ0v) is 14.7. The third kappa shape index (κ3) is 4.48. The molecule has 2 amide bonds. The van der Waals surface area contributed by atoms with Gasteiger partial charge >= 0.3 is 0 Å². The first kappa shape index (κ1) is 17.8. The van der Waals surface area contributed by atoms with Gasteiger partial charge in [0.05, 0.1) is 11.9 Å². The van der Waals surface area contributed by atoms with Crippen molar-refractivity contribution in [3.05, 3.63) is 35.4 Å². The highest BCUT2D eigenvalue weighted by atomic mass is 32.2. The summed E-state index contributed by atoms with van der Waals surface area (Å²) in [5, 5.41) is 2.71. The molecule has 0 spiro atoms. The van der Waals surface area contributed by atoms with Crippen LogP contribution in [0.5, 0.6) is 0 Å². The van der Waals surface area contributed by atoms with E-state index in [1.54, 1.807) is 18.9 Å². The SMILES string of the molecule is COCCNC(=O)CCN1C(=O)[C@H](C)S[C@@H]1c1ccccc1C. The van der Waals surface area contributed by atoms with Crippen LogP contribution in [0.15, 0.2) is 24.3 Å². The highest BCUT2D eigenvalue weighted by Gasteiger charge is 2.38. The highest BCUT2D eigenvalue weighted by molar-refractivity contribution is 8.01. The van der Waals surface area contributed by atoms with Crippen LogP contribution in [-0.2, 0) is 14.3 Å². The lowest BCUT2D eigenvalue weighted by atomic mass is 10.1. The molecule has 0 saturated carbocycles. The second-order valence-corrected chi connectivity index (χ2v) is 7.04. The number of nitrogens with zero attached hydrogens (tertiary/aromatic N) is 1. The van der Waals surface area contributed by atoms with E-state index in [0.29, 0.717) is 26.1 Å². The molecule has 1 aliphatic heterocycles. The molecule has 0 aliphatic carbocycles. The molecular weight excluding hydrogens is 312 g/mol. The summed E-state index contributed by atoms with van der Waals surface area (Å²) in [5.74, 6) is 0.0517. The van der Waals surface area contributed by atoms with E-state index < -0.39 is 0 Å². The minimum Gasteiger partial charge on any atom is -0.383 e. The maximum atomic E-state index is 12.4. The van der Waals surface area contributed by atoms with Crippen molar-refractivity contribution >= 4 is 23.6 Å². The monoisotopic (exact) mass is 336 g/mol. The van der Waals surface area contributed by atoms with E-state index in [2.05, 4.69) is 24.4 Å². The van der Waals surface area contributed by atoms with Gasteiger partial charge < -0.3 is 15.0 Å². The first-order chi connectivity index (χ1) is 11.0. The number of aryl methyl sites for hydroxylation is 1. The first-order valence-electron chi connectivity index (χ1n) is 7.81. The molecule has 0 radical (unpaired) electrons. The summed E-state index contributed by atoms with van der Waals surface area (Å²) in [6.45, 7) is 5.41. The Labute approximate surface area is 141 Å². The maximum Gasteiger partial charge on any atom is 0.236 e. The predicted octanol–water partition coefficient (Wildman–Crippen LogP) is 2.11. The normalized spacial score (nSPS) is 20.8. The summed E-state index contributed by atoms with van der Waals surface area (Å²) in [4.78, 5) is 26.1. The minimum atomic E-state index is -0.0730. The van der Waals surface area contributed by atoms with Crippen molar-refractivity contribution < 1.29 is 14.3 Å².